The zero-order valence-corrected chi connectivity index (χ0v) is 13.0. The fraction of sp³-hybridized carbons (Fsp3) is 0.467. The number of amides is 2. The van der Waals surface area contributed by atoms with E-state index in [4.69, 9.17) is 5.11 Å². The zero-order chi connectivity index (χ0) is 15.5. The number of carbonyl (C=O) groups is 2. The number of aliphatic carboxylic acids is 1. The van der Waals surface area contributed by atoms with Crippen molar-refractivity contribution < 1.29 is 14.7 Å². The second kappa shape index (κ2) is 10.1. The van der Waals surface area contributed by atoms with Crippen molar-refractivity contribution in [2.24, 2.45) is 0 Å². The number of thioether (sulfide) groups is 1. The van der Waals surface area contributed by atoms with Crippen LogP contribution < -0.4 is 10.6 Å². The van der Waals surface area contributed by atoms with E-state index >= 15 is 0 Å². The van der Waals surface area contributed by atoms with Gasteiger partial charge >= 0.3 is 12.0 Å². The summed E-state index contributed by atoms with van der Waals surface area (Å²) < 4.78 is 0. The Labute approximate surface area is 129 Å². The van der Waals surface area contributed by atoms with E-state index in [2.05, 4.69) is 16.9 Å². The van der Waals surface area contributed by atoms with Crippen molar-refractivity contribution in [1.82, 2.24) is 5.32 Å². The van der Waals surface area contributed by atoms with Crippen LogP contribution in [0.4, 0.5) is 10.5 Å². The highest BCUT2D eigenvalue weighted by Crippen LogP contribution is 2.12. The van der Waals surface area contributed by atoms with Crippen LogP contribution in [0.5, 0.6) is 0 Å². The Bertz CT molecular complexity index is 466. The first-order chi connectivity index (χ1) is 10.1. The van der Waals surface area contributed by atoms with Gasteiger partial charge in [0.2, 0.25) is 0 Å². The maximum absolute atomic E-state index is 11.7. The summed E-state index contributed by atoms with van der Waals surface area (Å²) in [5.41, 5.74) is 1.58. The molecule has 0 bridgehead atoms. The monoisotopic (exact) mass is 310 g/mol. The fourth-order valence-electron chi connectivity index (χ4n) is 1.80. The highest BCUT2D eigenvalue weighted by molar-refractivity contribution is 7.98. The van der Waals surface area contributed by atoms with Gasteiger partial charge in [0, 0.05) is 18.7 Å². The molecule has 1 rings (SSSR count). The van der Waals surface area contributed by atoms with Crippen LogP contribution in [0.25, 0.3) is 0 Å². The third kappa shape index (κ3) is 8.24. The van der Waals surface area contributed by atoms with E-state index in [1.54, 1.807) is 23.9 Å². The van der Waals surface area contributed by atoms with Gasteiger partial charge in [-0.3, -0.25) is 4.79 Å². The highest BCUT2D eigenvalue weighted by Gasteiger charge is 2.03. The van der Waals surface area contributed by atoms with E-state index < -0.39 is 5.97 Å². The van der Waals surface area contributed by atoms with Crippen molar-refractivity contribution in [3.8, 4) is 0 Å². The topological polar surface area (TPSA) is 78.4 Å². The Balaban J connectivity index is 2.34. The summed E-state index contributed by atoms with van der Waals surface area (Å²) in [4.78, 5) is 22.2. The number of benzene rings is 1. The summed E-state index contributed by atoms with van der Waals surface area (Å²) in [6.45, 7) is 0.658. The number of carboxylic acids is 1. The van der Waals surface area contributed by atoms with Crippen LogP contribution in [-0.4, -0.2) is 35.7 Å². The van der Waals surface area contributed by atoms with Gasteiger partial charge < -0.3 is 15.7 Å². The Hall–Kier alpha value is -1.69. The molecule has 0 aromatic heterocycles. The molecule has 0 fully saturated rings. The number of anilines is 1. The lowest BCUT2D eigenvalue weighted by Gasteiger charge is -2.08. The molecule has 0 atom stereocenters. The van der Waals surface area contributed by atoms with E-state index in [1.165, 1.54) is 0 Å². The normalized spacial score (nSPS) is 10.1. The van der Waals surface area contributed by atoms with E-state index in [-0.39, 0.29) is 12.5 Å². The molecule has 0 saturated carbocycles. The van der Waals surface area contributed by atoms with Gasteiger partial charge in [-0.05, 0) is 49.0 Å². The maximum atomic E-state index is 11.7. The minimum absolute atomic E-state index is 0.0884. The molecule has 1 aromatic carbocycles. The average molecular weight is 310 g/mol. The van der Waals surface area contributed by atoms with Crippen LogP contribution in [0.2, 0.25) is 0 Å². The lowest BCUT2D eigenvalue weighted by Crippen LogP contribution is -2.29. The molecule has 0 aliphatic heterocycles. The Morgan fingerprint density at radius 3 is 2.81 bits per heavy atom. The number of rotatable bonds is 9. The number of hydrogen-bond acceptors (Lipinski definition) is 3. The van der Waals surface area contributed by atoms with E-state index in [9.17, 15) is 9.59 Å². The van der Waals surface area contributed by atoms with E-state index in [1.807, 2.05) is 12.1 Å². The number of aryl methyl sites for hydroxylation is 1. The van der Waals surface area contributed by atoms with Gasteiger partial charge in [-0.25, -0.2) is 4.79 Å². The first-order valence-electron chi connectivity index (χ1n) is 6.96. The maximum Gasteiger partial charge on any atom is 0.319 e. The van der Waals surface area contributed by atoms with Gasteiger partial charge in [-0.2, -0.15) is 11.8 Å². The number of nitrogens with one attached hydrogen (secondary N) is 2. The second-order valence-electron chi connectivity index (χ2n) is 4.67. The number of unbranched alkanes of at least 4 members (excludes halogenated alkanes) is 1. The zero-order valence-electron chi connectivity index (χ0n) is 12.2. The van der Waals surface area contributed by atoms with Crippen LogP contribution in [0.1, 0.15) is 24.8 Å². The molecule has 0 saturated heterocycles. The summed E-state index contributed by atoms with van der Waals surface area (Å²) in [5.74, 6) is 0.283. The first-order valence-corrected chi connectivity index (χ1v) is 8.35. The molecule has 0 unspecified atom stereocenters. The quantitative estimate of drug-likeness (QED) is 0.613. The van der Waals surface area contributed by atoms with Crippen LogP contribution in [0.15, 0.2) is 24.3 Å². The molecule has 2 amide bonds. The van der Waals surface area contributed by atoms with Crippen molar-refractivity contribution in [1.29, 1.82) is 0 Å². The van der Waals surface area contributed by atoms with Crippen molar-refractivity contribution in [3.05, 3.63) is 29.8 Å². The molecule has 1 aromatic rings. The van der Waals surface area contributed by atoms with Crippen molar-refractivity contribution >= 4 is 29.4 Å². The predicted molar refractivity (Wildman–Crippen MR) is 87.0 cm³/mol. The molecular weight excluding hydrogens is 288 g/mol. The average Bonchev–Trinajstić information content (AvgIpc) is 2.45. The third-order valence-electron chi connectivity index (χ3n) is 2.87. The molecule has 0 heterocycles. The Morgan fingerprint density at radius 1 is 1.29 bits per heavy atom. The molecule has 3 N–H and O–H groups in total. The molecule has 0 aliphatic carbocycles. The fourth-order valence-corrected chi connectivity index (χ4v) is 2.30. The minimum Gasteiger partial charge on any atom is -0.481 e. The van der Waals surface area contributed by atoms with Gasteiger partial charge in [0.05, 0.1) is 0 Å². The summed E-state index contributed by atoms with van der Waals surface area (Å²) >= 11 is 1.80. The minimum atomic E-state index is -0.823. The summed E-state index contributed by atoms with van der Waals surface area (Å²) in [7, 11) is 0. The molecule has 0 radical (unpaired) electrons. The number of carboxylic acid groups (broad SMARTS) is 1. The number of urea groups is 1. The van der Waals surface area contributed by atoms with Gasteiger partial charge in [-0.15, -0.1) is 0 Å². The lowest BCUT2D eigenvalue weighted by molar-refractivity contribution is -0.136. The highest BCUT2D eigenvalue weighted by atomic mass is 32.2. The first kappa shape index (κ1) is 17.4. The molecule has 6 heteroatoms. The molecule has 0 spiro atoms. The molecule has 21 heavy (non-hydrogen) atoms. The largest absolute Gasteiger partial charge is 0.481 e. The predicted octanol–water partition coefficient (Wildman–Crippen LogP) is 2.97. The van der Waals surface area contributed by atoms with Crippen molar-refractivity contribution in [3.63, 3.8) is 0 Å². The Morgan fingerprint density at radius 2 is 2.10 bits per heavy atom. The van der Waals surface area contributed by atoms with Crippen LogP contribution in [0.3, 0.4) is 0 Å². The molecular formula is C15H22N2O3S. The molecule has 5 nitrogen and oxygen atoms in total. The van der Waals surface area contributed by atoms with Crippen molar-refractivity contribution in [2.45, 2.75) is 25.7 Å². The summed E-state index contributed by atoms with van der Waals surface area (Å²) in [6, 6.07) is 7.03. The van der Waals surface area contributed by atoms with Crippen LogP contribution in [-0.2, 0) is 11.2 Å². The van der Waals surface area contributed by atoms with Gasteiger partial charge in [0.1, 0.15) is 0 Å². The van der Waals surface area contributed by atoms with Crippen LogP contribution in [0, 0.1) is 0 Å². The summed E-state index contributed by atoms with van der Waals surface area (Å²) in [6.07, 6.45) is 4.67. The molecule has 116 valence electrons. The van der Waals surface area contributed by atoms with E-state index in [0.29, 0.717) is 18.7 Å². The van der Waals surface area contributed by atoms with Gasteiger partial charge in [0.25, 0.3) is 0 Å². The van der Waals surface area contributed by atoms with Gasteiger partial charge in [0.15, 0.2) is 0 Å². The molecule has 0 aliphatic rings. The van der Waals surface area contributed by atoms with Crippen molar-refractivity contribution in [2.75, 3.05) is 23.9 Å². The summed E-state index contributed by atoms with van der Waals surface area (Å²) in [5, 5.41) is 14.2. The van der Waals surface area contributed by atoms with E-state index in [0.717, 1.165) is 24.2 Å². The number of hydrogen-bond donors (Lipinski definition) is 3. The standard InChI is InChI=1S/C15H22N2O3S/c1-21-10-3-2-9-16-15(20)17-13-6-4-5-12(11-13)7-8-14(18)19/h4-6,11H,2-3,7-10H2,1H3,(H,18,19)(H2,16,17,20). The number of carbonyl (C=O) groups excluding carboxylic acids is 1. The Kier molecular flexibility index (Phi) is 8.35. The third-order valence-corrected chi connectivity index (χ3v) is 3.57. The SMILES string of the molecule is CSCCCCNC(=O)Nc1cccc(CCC(=O)O)c1. The second-order valence-corrected chi connectivity index (χ2v) is 5.66. The lowest BCUT2D eigenvalue weighted by atomic mass is 10.1. The van der Waals surface area contributed by atoms with Crippen LogP contribution >= 0.6 is 11.8 Å². The smallest absolute Gasteiger partial charge is 0.319 e. The van der Waals surface area contributed by atoms with Gasteiger partial charge in [-0.1, -0.05) is 12.1 Å².